The maximum atomic E-state index is 11.5. The van der Waals surface area contributed by atoms with Gasteiger partial charge in [0, 0.05) is 18.1 Å². The summed E-state index contributed by atoms with van der Waals surface area (Å²) in [5, 5.41) is 3.23. The molecule has 0 radical (unpaired) electrons. The molecule has 118 valence electrons. The Balaban J connectivity index is 2.37. The second kappa shape index (κ2) is 7.63. The molecule has 1 aromatic carbocycles. The molecule has 0 heterocycles. The molecule has 1 aromatic rings. The highest BCUT2D eigenvalue weighted by Gasteiger charge is 2.06. The van der Waals surface area contributed by atoms with Crippen LogP contribution >= 0.6 is 11.6 Å². The van der Waals surface area contributed by atoms with E-state index in [0.29, 0.717) is 10.8 Å². The Labute approximate surface area is 129 Å². The van der Waals surface area contributed by atoms with Crippen LogP contribution in [0, 0.1) is 13.8 Å². The lowest BCUT2D eigenvalue weighted by Gasteiger charge is -2.10. The summed E-state index contributed by atoms with van der Waals surface area (Å²) in [7, 11) is -3.24. The fourth-order valence-corrected chi connectivity index (χ4v) is 2.21. The van der Waals surface area contributed by atoms with Gasteiger partial charge in [0.25, 0.3) is 5.91 Å². The van der Waals surface area contributed by atoms with E-state index in [2.05, 4.69) is 10.0 Å². The summed E-state index contributed by atoms with van der Waals surface area (Å²) in [5.74, 6) is 0.245. The minimum absolute atomic E-state index is 0.139. The molecule has 8 heteroatoms. The van der Waals surface area contributed by atoms with Crippen LogP contribution in [0.25, 0.3) is 0 Å². The number of carbonyl (C=O) groups excluding carboxylic acids is 1. The fraction of sp³-hybridized carbons (Fsp3) is 0.462. The van der Waals surface area contributed by atoms with E-state index in [9.17, 15) is 13.2 Å². The van der Waals surface area contributed by atoms with E-state index >= 15 is 0 Å². The van der Waals surface area contributed by atoms with Gasteiger partial charge in [0.15, 0.2) is 6.61 Å². The number of halogens is 1. The molecule has 0 fully saturated rings. The van der Waals surface area contributed by atoms with Crippen LogP contribution in [0.15, 0.2) is 12.1 Å². The third kappa shape index (κ3) is 6.79. The Morgan fingerprint density at radius 1 is 1.24 bits per heavy atom. The number of aryl methyl sites for hydroxylation is 2. The normalized spacial score (nSPS) is 11.2. The summed E-state index contributed by atoms with van der Waals surface area (Å²) in [6.07, 6.45) is 1.06. The molecule has 0 saturated carbocycles. The van der Waals surface area contributed by atoms with Gasteiger partial charge in [0.05, 0.1) is 6.26 Å². The molecule has 0 aliphatic carbocycles. The lowest BCUT2D eigenvalue weighted by atomic mass is 10.1. The summed E-state index contributed by atoms with van der Waals surface area (Å²) in [6.45, 7) is 3.93. The first-order valence-corrected chi connectivity index (χ1v) is 8.57. The van der Waals surface area contributed by atoms with Crippen molar-refractivity contribution in [2.24, 2.45) is 0 Å². The average Bonchev–Trinajstić information content (AvgIpc) is 2.37. The van der Waals surface area contributed by atoms with Gasteiger partial charge in [0.1, 0.15) is 5.75 Å². The van der Waals surface area contributed by atoms with Crippen molar-refractivity contribution in [3.63, 3.8) is 0 Å². The molecule has 0 spiro atoms. The minimum Gasteiger partial charge on any atom is -0.484 e. The molecule has 6 nitrogen and oxygen atoms in total. The first kappa shape index (κ1) is 17.7. The van der Waals surface area contributed by atoms with E-state index < -0.39 is 10.0 Å². The van der Waals surface area contributed by atoms with Gasteiger partial charge < -0.3 is 10.1 Å². The van der Waals surface area contributed by atoms with Crippen LogP contribution in [0.3, 0.4) is 0 Å². The SMILES string of the molecule is Cc1cc(OCC(=O)NCCNS(C)(=O)=O)cc(C)c1Cl. The van der Waals surface area contributed by atoms with Gasteiger partial charge in [-0.15, -0.1) is 0 Å². The molecule has 21 heavy (non-hydrogen) atoms. The van der Waals surface area contributed by atoms with Crippen molar-refractivity contribution in [2.75, 3.05) is 26.0 Å². The lowest BCUT2D eigenvalue weighted by Crippen LogP contribution is -2.36. The Bertz CT molecular complexity index is 594. The molecule has 1 rings (SSSR count). The van der Waals surface area contributed by atoms with E-state index in [1.54, 1.807) is 12.1 Å². The number of amides is 1. The van der Waals surface area contributed by atoms with Crippen molar-refractivity contribution in [1.82, 2.24) is 10.0 Å². The van der Waals surface area contributed by atoms with E-state index in [0.717, 1.165) is 17.4 Å². The lowest BCUT2D eigenvalue weighted by molar-refractivity contribution is -0.123. The molecule has 0 atom stereocenters. The van der Waals surface area contributed by atoms with Crippen molar-refractivity contribution in [3.8, 4) is 5.75 Å². The molecular weight excluding hydrogens is 316 g/mol. The van der Waals surface area contributed by atoms with Crippen molar-refractivity contribution in [2.45, 2.75) is 13.8 Å². The van der Waals surface area contributed by atoms with E-state index in [1.165, 1.54) is 0 Å². The topological polar surface area (TPSA) is 84.5 Å². The monoisotopic (exact) mass is 334 g/mol. The Morgan fingerprint density at radius 3 is 2.33 bits per heavy atom. The standard InChI is InChI=1S/C13H19ClN2O4S/c1-9-6-11(7-10(2)13(9)14)20-8-12(17)15-4-5-16-21(3,18)19/h6-7,16H,4-5,8H2,1-3H3,(H,15,17). The van der Waals surface area contributed by atoms with E-state index in [1.807, 2.05) is 13.8 Å². The maximum Gasteiger partial charge on any atom is 0.257 e. The summed E-state index contributed by atoms with van der Waals surface area (Å²) in [4.78, 5) is 11.5. The Kier molecular flexibility index (Phi) is 6.44. The number of nitrogens with one attached hydrogen (secondary N) is 2. The second-order valence-electron chi connectivity index (χ2n) is 4.68. The van der Waals surface area contributed by atoms with Gasteiger partial charge in [0.2, 0.25) is 10.0 Å². The molecule has 0 aromatic heterocycles. The van der Waals surface area contributed by atoms with Gasteiger partial charge in [-0.05, 0) is 37.1 Å². The third-order valence-corrected chi connectivity index (χ3v) is 3.92. The summed E-state index contributed by atoms with van der Waals surface area (Å²) in [5.41, 5.74) is 1.76. The van der Waals surface area contributed by atoms with Crippen LogP contribution in [0.4, 0.5) is 0 Å². The molecule has 0 bridgehead atoms. The summed E-state index contributed by atoms with van der Waals surface area (Å²) >= 11 is 6.04. The number of benzene rings is 1. The van der Waals surface area contributed by atoms with Crippen LogP contribution in [0.1, 0.15) is 11.1 Å². The van der Waals surface area contributed by atoms with Gasteiger partial charge in [-0.25, -0.2) is 13.1 Å². The number of rotatable bonds is 7. The predicted molar refractivity (Wildman–Crippen MR) is 82.3 cm³/mol. The van der Waals surface area contributed by atoms with E-state index in [4.69, 9.17) is 16.3 Å². The van der Waals surface area contributed by atoms with Crippen LogP contribution in [0.2, 0.25) is 5.02 Å². The molecule has 0 unspecified atom stereocenters. The minimum atomic E-state index is -3.24. The molecule has 0 saturated heterocycles. The zero-order valence-corrected chi connectivity index (χ0v) is 13.8. The van der Waals surface area contributed by atoms with Gasteiger partial charge >= 0.3 is 0 Å². The number of carbonyl (C=O) groups is 1. The molecule has 2 N–H and O–H groups in total. The first-order valence-electron chi connectivity index (χ1n) is 6.30. The van der Waals surface area contributed by atoms with E-state index in [-0.39, 0.29) is 25.6 Å². The molecule has 1 amide bonds. The Morgan fingerprint density at radius 2 is 1.81 bits per heavy atom. The maximum absolute atomic E-state index is 11.5. The third-order valence-electron chi connectivity index (χ3n) is 2.59. The zero-order valence-electron chi connectivity index (χ0n) is 12.2. The second-order valence-corrected chi connectivity index (χ2v) is 6.89. The van der Waals surface area contributed by atoms with Gasteiger partial charge in [-0.1, -0.05) is 11.6 Å². The van der Waals surface area contributed by atoms with Crippen LogP contribution in [0.5, 0.6) is 5.75 Å². The molecule has 0 aliphatic rings. The number of ether oxygens (including phenoxy) is 1. The highest BCUT2D eigenvalue weighted by molar-refractivity contribution is 7.88. The first-order chi connectivity index (χ1) is 9.69. The van der Waals surface area contributed by atoms with Crippen LogP contribution in [-0.2, 0) is 14.8 Å². The quantitative estimate of drug-likeness (QED) is 0.729. The number of sulfonamides is 1. The van der Waals surface area contributed by atoms with Gasteiger partial charge in [-0.3, -0.25) is 4.79 Å². The highest BCUT2D eigenvalue weighted by atomic mass is 35.5. The predicted octanol–water partition coefficient (Wildman–Crippen LogP) is 1.00. The van der Waals surface area contributed by atoms with Crippen molar-refractivity contribution < 1.29 is 17.9 Å². The smallest absolute Gasteiger partial charge is 0.257 e. The largest absolute Gasteiger partial charge is 0.484 e. The summed E-state index contributed by atoms with van der Waals surface area (Å²) in [6, 6.07) is 3.52. The van der Waals surface area contributed by atoms with Crippen molar-refractivity contribution in [1.29, 1.82) is 0 Å². The Hall–Kier alpha value is -1.31. The summed E-state index contributed by atoms with van der Waals surface area (Å²) < 4.78 is 29.3. The molecular formula is C13H19ClN2O4S. The highest BCUT2D eigenvalue weighted by Crippen LogP contribution is 2.25. The van der Waals surface area contributed by atoms with Crippen LogP contribution < -0.4 is 14.8 Å². The zero-order chi connectivity index (χ0) is 16.0. The van der Waals surface area contributed by atoms with Gasteiger partial charge in [-0.2, -0.15) is 0 Å². The van der Waals surface area contributed by atoms with Crippen molar-refractivity contribution >= 4 is 27.5 Å². The van der Waals surface area contributed by atoms with Crippen molar-refractivity contribution in [3.05, 3.63) is 28.3 Å². The van der Waals surface area contributed by atoms with Crippen LogP contribution in [-0.4, -0.2) is 40.3 Å². The number of hydrogen-bond donors (Lipinski definition) is 2. The number of hydrogen-bond acceptors (Lipinski definition) is 4. The molecule has 0 aliphatic heterocycles. The average molecular weight is 335 g/mol. The fourth-order valence-electron chi connectivity index (χ4n) is 1.63.